The summed E-state index contributed by atoms with van der Waals surface area (Å²) in [4.78, 5) is 41.8. The quantitative estimate of drug-likeness (QED) is 0.293. The number of amides is 1. The lowest BCUT2D eigenvalue weighted by molar-refractivity contribution is -0.146. The highest BCUT2D eigenvalue weighted by atomic mass is 32.2. The second kappa shape index (κ2) is 8.49. The summed E-state index contributed by atoms with van der Waals surface area (Å²) < 4.78 is 5.76. The number of esters is 1. The van der Waals surface area contributed by atoms with Crippen LogP contribution < -0.4 is 0 Å². The molecule has 10 heteroatoms. The highest BCUT2D eigenvalue weighted by molar-refractivity contribution is 8.01. The molecule has 0 aliphatic carbocycles. The van der Waals surface area contributed by atoms with Crippen LogP contribution in [0, 0.1) is 6.92 Å². The molecule has 0 bridgehead atoms. The van der Waals surface area contributed by atoms with Gasteiger partial charge in [-0.05, 0) is 12.5 Å². The van der Waals surface area contributed by atoms with Crippen LogP contribution in [0.1, 0.15) is 17.0 Å². The number of carbonyl (C=O) groups is 3. The van der Waals surface area contributed by atoms with Gasteiger partial charge in [-0.3, -0.25) is 14.5 Å². The minimum Gasteiger partial charge on any atom is -0.477 e. The number of carboxylic acids is 1. The van der Waals surface area contributed by atoms with Crippen molar-refractivity contribution in [1.29, 1.82) is 0 Å². The molecule has 2 aliphatic rings. The van der Waals surface area contributed by atoms with Crippen LogP contribution in [0.25, 0.3) is 0 Å². The zero-order chi connectivity index (χ0) is 19.6. The largest absolute Gasteiger partial charge is 0.477 e. The number of carboxylic acid groups (broad SMARTS) is 1. The van der Waals surface area contributed by atoms with Crippen molar-refractivity contribution in [2.45, 2.75) is 29.5 Å². The number of fused-ring (bicyclic) bond motifs is 1. The van der Waals surface area contributed by atoms with Crippen LogP contribution in [0.2, 0.25) is 0 Å². The van der Waals surface area contributed by atoms with Crippen LogP contribution in [0.15, 0.2) is 28.3 Å². The molecule has 0 aromatic carbocycles. The first-order chi connectivity index (χ1) is 12.9. The van der Waals surface area contributed by atoms with Gasteiger partial charge < -0.3 is 9.84 Å². The summed E-state index contributed by atoms with van der Waals surface area (Å²) in [5.74, 6) is -0.505. The third-order valence-electron chi connectivity index (χ3n) is 4.04. The van der Waals surface area contributed by atoms with Crippen molar-refractivity contribution < 1.29 is 24.2 Å². The zero-order valence-corrected chi connectivity index (χ0v) is 17.0. The molecule has 2 aliphatic heterocycles. The van der Waals surface area contributed by atoms with Crippen molar-refractivity contribution in [3.63, 3.8) is 0 Å². The third-order valence-corrected chi connectivity index (χ3v) is 7.71. The molecule has 0 unspecified atom stereocenters. The van der Waals surface area contributed by atoms with Gasteiger partial charge in [0.2, 0.25) is 5.91 Å². The van der Waals surface area contributed by atoms with Crippen molar-refractivity contribution in [2.24, 2.45) is 0 Å². The number of aliphatic carboxylic acids is 1. The molecule has 3 heterocycles. The molecule has 0 saturated carbocycles. The Kier molecular flexibility index (Phi) is 6.28. The van der Waals surface area contributed by atoms with Gasteiger partial charge in [-0.1, -0.05) is 24.4 Å². The lowest BCUT2D eigenvalue weighted by atomic mass is 10.1. The topological polar surface area (TPSA) is 96.8 Å². The molecule has 1 fully saturated rings. The van der Waals surface area contributed by atoms with E-state index in [1.54, 1.807) is 11.8 Å². The number of nitrogens with zero attached hydrogens (tertiary/aromatic N) is 2. The monoisotopic (exact) mass is 426 g/mol. The Hall–Kier alpha value is -1.78. The van der Waals surface area contributed by atoms with Gasteiger partial charge in [-0.25, -0.2) is 9.78 Å². The van der Waals surface area contributed by atoms with Crippen LogP contribution >= 0.6 is 34.9 Å². The Labute approximate surface area is 168 Å². The van der Waals surface area contributed by atoms with Crippen molar-refractivity contribution >= 4 is 52.7 Å². The highest BCUT2D eigenvalue weighted by Crippen LogP contribution is 2.41. The summed E-state index contributed by atoms with van der Waals surface area (Å²) in [6, 6.07) is 0. The second-order valence-corrected chi connectivity index (χ2v) is 9.39. The Morgan fingerprint density at radius 3 is 2.96 bits per heavy atom. The van der Waals surface area contributed by atoms with Crippen LogP contribution in [0.4, 0.5) is 0 Å². The van der Waals surface area contributed by atoms with E-state index in [1.807, 2.05) is 6.92 Å². The van der Waals surface area contributed by atoms with E-state index in [2.05, 4.69) is 11.6 Å². The lowest BCUT2D eigenvalue weighted by Crippen LogP contribution is -2.54. The number of carbonyl (C=O) groups excluding carboxylic acids is 2. The molecule has 0 radical (unpaired) electrons. The number of thiazole rings is 1. The minimum absolute atomic E-state index is 0.0485. The number of ether oxygens (including phenoxy) is 1. The van der Waals surface area contributed by atoms with Crippen LogP contribution in [-0.4, -0.2) is 56.3 Å². The van der Waals surface area contributed by atoms with E-state index in [1.165, 1.54) is 34.1 Å². The maximum absolute atomic E-state index is 11.8. The zero-order valence-electron chi connectivity index (χ0n) is 14.6. The SMILES string of the molecule is C=CCOC(=O)Cc1sc(SCC2=C(C(=O)O)N3C(=O)C[C@H]3SC2)nc1C. The number of β-lactam (4-membered cyclic amide) rings is 1. The predicted octanol–water partition coefficient (Wildman–Crippen LogP) is 2.46. The normalized spacial score (nSPS) is 18.8. The molecule has 1 saturated heterocycles. The maximum atomic E-state index is 11.8. The van der Waals surface area contributed by atoms with E-state index in [0.717, 1.165) is 20.5 Å². The summed E-state index contributed by atoms with van der Waals surface area (Å²) in [7, 11) is 0. The van der Waals surface area contributed by atoms with Gasteiger partial charge >= 0.3 is 11.9 Å². The van der Waals surface area contributed by atoms with Crippen LogP contribution in [0.5, 0.6) is 0 Å². The van der Waals surface area contributed by atoms with Crippen molar-refractivity contribution in [3.8, 4) is 0 Å². The number of hydrogen-bond acceptors (Lipinski definition) is 8. The average molecular weight is 427 g/mol. The molecule has 1 aromatic heterocycles. The van der Waals surface area contributed by atoms with Gasteiger partial charge in [0.15, 0.2) is 4.34 Å². The lowest BCUT2D eigenvalue weighted by Gasteiger charge is -2.43. The summed E-state index contributed by atoms with van der Waals surface area (Å²) in [5, 5.41) is 9.47. The number of thioether (sulfide) groups is 2. The first-order valence-electron chi connectivity index (χ1n) is 8.15. The molecule has 1 aromatic rings. The van der Waals surface area contributed by atoms with Crippen molar-refractivity contribution in [1.82, 2.24) is 9.88 Å². The van der Waals surface area contributed by atoms with Gasteiger partial charge in [-0.15, -0.1) is 23.1 Å². The standard InChI is InChI=1S/C17H18N2O5S3/c1-3-4-24-14(21)5-11-9(2)18-17(27-11)26-8-10-7-25-13-6-12(20)19(13)15(10)16(22)23/h3,13H,1,4-8H2,2H3,(H,22,23)/t13-/m1/s1. The predicted molar refractivity (Wildman–Crippen MR) is 105 cm³/mol. The van der Waals surface area contributed by atoms with Gasteiger partial charge in [0, 0.05) is 16.4 Å². The molecule has 0 spiro atoms. The Bertz CT molecular complexity index is 833. The third kappa shape index (κ3) is 4.39. The van der Waals surface area contributed by atoms with E-state index >= 15 is 0 Å². The van der Waals surface area contributed by atoms with E-state index in [0.29, 0.717) is 17.9 Å². The Balaban J connectivity index is 1.67. The number of hydrogen-bond donors (Lipinski definition) is 1. The maximum Gasteiger partial charge on any atom is 0.352 e. The first-order valence-corrected chi connectivity index (χ1v) is 11.0. The molecule has 3 rings (SSSR count). The molecule has 144 valence electrons. The summed E-state index contributed by atoms with van der Waals surface area (Å²) in [6.07, 6.45) is 2.07. The van der Waals surface area contributed by atoms with E-state index in [9.17, 15) is 19.5 Å². The highest BCUT2D eigenvalue weighted by Gasteiger charge is 2.45. The Morgan fingerprint density at radius 1 is 1.52 bits per heavy atom. The van der Waals surface area contributed by atoms with Gasteiger partial charge in [-0.2, -0.15) is 0 Å². The molecule has 7 nitrogen and oxygen atoms in total. The van der Waals surface area contributed by atoms with Crippen molar-refractivity contribution in [3.05, 3.63) is 34.5 Å². The molecule has 1 amide bonds. The van der Waals surface area contributed by atoms with E-state index in [-0.39, 0.29) is 36.0 Å². The number of aryl methyl sites for hydroxylation is 1. The molecular weight excluding hydrogens is 408 g/mol. The van der Waals surface area contributed by atoms with Gasteiger partial charge in [0.1, 0.15) is 12.3 Å². The van der Waals surface area contributed by atoms with Gasteiger partial charge in [0.25, 0.3) is 0 Å². The second-order valence-electron chi connectivity index (χ2n) is 5.92. The summed E-state index contributed by atoms with van der Waals surface area (Å²) in [6.45, 7) is 5.52. The summed E-state index contributed by atoms with van der Waals surface area (Å²) in [5.41, 5.74) is 1.60. The van der Waals surface area contributed by atoms with E-state index < -0.39 is 5.97 Å². The van der Waals surface area contributed by atoms with Gasteiger partial charge in [0.05, 0.1) is 23.9 Å². The molecule has 27 heavy (non-hydrogen) atoms. The number of rotatable bonds is 8. The summed E-state index contributed by atoms with van der Waals surface area (Å²) >= 11 is 4.42. The molecular formula is C17H18N2O5S3. The first kappa shape index (κ1) is 20.0. The fraction of sp³-hybridized carbons (Fsp3) is 0.412. The smallest absolute Gasteiger partial charge is 0.352 e. The van der Waals surface area contributed by atoms with Crippen molar-refractivity contribution in [2.75, 3.05) is 18.1 Å². The minimum atomic E-state index is -1.06. The van der Waals surface area contributed by atoms with E-state index in [4.69, 9.17) is 4.74 Å². The fourth-order valence-corrected chi connectivity index (χ4v) is 6.32. The van der Waals surface area contributed by atoms with Crippen LogP contribution in [-0.2, 0) is 25.5 Å². The number of aromatic nitrogens is 1. The Morgan fingerprint density at radius 2 is 2.30 bits per heavy atom. The molecule has 1 atom stereocenters. The fourth-order valence-electron chi connectivity index (χ4n) is 2.70. The average Bonchev–Trinajstić information content (AvgIpc) is 2.96. The van der Waals surface area contributed by atoms with Crippen LogP contribution in [0.3, 0.4) is 0 Å². The molecule has 1 N–H and O–H groups in total.